The molecule has 0 bridgehead atoms. The molecule has 0 radical (unpaired) electrons. The Balaban J connectivity index is 1.15. The molecule has 2 aliphatic heterocycles. The number of nitrogens with one attached hydrogen (secondary N) is 2. The molecule has 1 aromatic carbocycles. The summed E-state index contributed by atoms with van der Waals surface area (Å²) < 4.78 is 0. The molecule has 172 valence electrons. The third kappa shape index (κ3) is 5.35. The van der Waals surface area contributed by atoms with Gasteiger partial charge in [-0.1, -0.05) is 31.0 Å². The number of anilines is 1. The van der Waals surface area contributed by atoms with Crippen LogP contribution in [-0.4, -0.2) is 65.6 Å². The van der Waals surface area contributed by atoms with Gasteiger partial charge in [-0.25, -0.2) is 0 Å². The first kappa shape index (κ1) is 22.5. The van der Waals surface area contributed by atoms with E-state index in [1.165, 1.54) is 4.90 Å². The van der Waals surface area contributed by atoms with Crippen molar-refractivity contribution in [2.24, 2.45) is 11.8 Å². The molecular weight excluding hydrogens is 408 g/mol. The fourth-order valence-corrected chi connectivity index (χ4v) is 5.13. The molecule has 4 amide bonds. The summed E-state index contributed by atoms with van der Waals surface area (Å²) in [5.41, 5.74) is 0.786. The first-order valence-corrected chi connectivity index (χ1v) is 11.7. The van der Waals surface area contributed by atoms with Crippen LogP contribution < -0.4 is 10.6 Å². The van der Waals surface area contributed by atoms with Crippen LogP contribution in [0.25, 0.3) is 0 Å². The van der Waals surface area contributed by atoms with E-state index >= 15 is 0 Å². The lowest BCUT2D eigenvalue weighted by Crippen LogP contribution is -2.47. The van der Waals surface area contributed by atoms with Gasteiger partial charge in [-0.3, -0.25) is 29.0 Å². The summed E-state index contributed by atoms with van der Waals surface area (Å²) in [6.45, 7) is 1.98. The van der Waals surface area contributed by atoms with Gasteiger partial charge in [0.05, 0.1) is 18.4 Å². The fraction of sp³-hybridized carbons (Fsp3) is 0.583. The van der Waals surface area contributed by atoms with Crippen LogP contribution in [0.2, 0.25) is 0 Å². The van der Waals surface area contributed by atoms with Gasteiger partial charge in [-0.15, -0.1) is 0 Å². The van der Waals surface area contributed by atoms with Gasteiger partial charge in [-0.2, -0.15) is 0 Å². The highest BCUT2D eigenvalue weighted by atomic mass is 16.2. The molecule has 1 saturated carbocycles. The van der Waals surface area contributed by atoms with Gasteiger partial charge in [0, 0.05) is 37.8 Å². The zero-order valence-electron chi connectivity index (χ0n) is 18.4. The highest BCUT2D eigenvalue weighted by Gasteiger charge is 2.47. The number of hydrogen-bond acceptors (Lipinski definition) is 5. The van der Waals surface area contributed by atoms with Crippen molar-refractivity contribution in [2.75, 3.05) is 31.5 Å². The van der Waals surface area contributed by atoms with Crippen molar-refractivity contribution in [3.05, 3.63) is 30.3 Å². The van der Waals surface area contributed by atoms with Crippen LogP contribution in [0.5, 0.6) is 0 Å². The lowest BCUT2D eigenvalue weighted by atomic mass is 9.81. The average molecular weight is 441 g/mol. The topological polar surface area (TPSA) is 98.8 Å². The van der Waals surface area contributed by atoms with Crippen LogP contribution in [0, 0.1) is 11.8 Å². The van der Waals surface area contributed by atoms with Crippen LogP contribution in [0.1, 0.15) is 44.9 Å². The first-order chi connectivity index (χ1) is 15.5. The van der Waals surface area contributed by atoms with Gasteiger partial charge < -0.3 is 10.6 Å². The normalized spacial score (nSPS) is 24.3. The molecule has 8 heteroatoms. The summed E-state index contributed by atoms with van der Waals surface area (Å²) in [6.07, 6.45) is 5.28. The Morgan fingerprint density at radius 2 is 1.50 bits per heavy atom. The van der Waals surface area contributed by atoms with Crippen LogP contribution in [0.4, 0.5) is 5.69 Å². The molecule has 0 aromatic heterocycles. The fourth-order valence-electron chi connectivity index (χ4n) is 5.13. The number of carbonyl (C=O) groups is 4. The van der Waals surface area contributed by atoms with E-state index in [2.05, 4.69) is 15.5 Å². The van der Waals surface area contributed by atoms with Crippen molar-refractivity contribution < 1.29 is 19.2 Å². The quantitative estimate of drug-likeness (QED) is 0.630. The van der Waals surface area contributed by atoms with Crippen molar-refractivity contribution in [3.63, 3.8) is 0 Å². The van der Waals surface area contributed by atoms with E-state index in [1.807, 2.05) is 30.3 Å². The van der Waals surface area contributed by atoms with E-state index in [0.29, 0.717) is 6.54 Å². The minimum atomic E-state index is -0.164. The zero-order chi connectivity index (χ0) is 22.5. The van der Waals surface area contributed by atoms with Gasteiger partial charge in [0.15, 0.2) is 0 Å². The molecule has 2 unspecified atom stereocenters. The first-order valence-electron chi connectivity index (χ1n) is 11.7. The van der Waals surface area contributed by atoms with E-state index in [9.17, 15) is 19.2 Å². The zero-order valence-corrected chi connectivity index (χ0v) is 18.4. The Hall–Kier alpha value is -2.74. The molecule has 8 nitrogen and oxygen atoms in total. The number of piperidine rings is 1. The number of hydrogen-bond donors (Lipinski definition) is 2. The predicted octanol–water partition coefficient (Wildman–Crippen LogP) is 1.77. The Kier molecular flexibility index (Phi) is 7.19. The minimum Gasteiger partial charge on any atom is -0.353 e. The predicted molar refractivity (Wildman–Crippen MR) is 119 cm³/mol. The van der Waals surface area contributed by atoms with Crippen molar-refractivity contribution in [3.8, 4) is 0 Å². The summed E-state index contributed by atoms with van der Waals surface area (Å²) >= 11 is 0. The molecule has 32 heavy (non-hydrogen) atoms. The van der Waals surface area contributed by atoms with Crippen LogP contribution in [-0.2, 0) is 19.2 Å². The second-order valence-electron chi connectivity index (χ2n) is 9.11. The maximum Gasteiger partial charge on any atom is 0.238 e. The molecule has 3 fully saturated rings. The van der Waals surface area contributed by atoms with Crippen molar-refractivity contribution >= 4 is 29.3 Å². The van der Waals surface area contributed by atoms with Crippen molar-refractivity contribution in [1.29, 1.82) is 0 Å². The molecule has 2 heterocycles. The van der Waals surface area contributed by atoms with Gasteiger partial charge in [0.2, 0.25) is 23.6 Å². The smallest absolute Gasteiger partial charge is 0.238 e. The largest absolute Gasteiger partial charge is 0.353 e. The number of para-hydroxylation sites is 1. The van der Waals surface area contributed by atoms with E-state index in [-0.39, 0.29) is 54.5 Å². The van der Waals surface area contributed by atoms with Gasteiger partial charge in [-0.05, 0) is 37.8 Å². The number of amides is 4. The third-order valence-electron chi connectivity index (χ3n) is 6.87. The molecule has 2 N–H and O–H groups in total. The number of benzene rings is 1. The molecule has 2 atom stereocenters. The Morgan fingerprint density at radius 3 is 2.12 bits per heavy atom. The second kappa shape index (κ2) is 10.3. The molecule has 1 aromatic rings. The summed E-state index contributed by atoms with van der Waals surface area (Å²) in [4.78, 5) is 53.1. The standard InChI is InChI=1S/C24H32N4O4/c29-21(12-15-28-23(31)19-8-4-5-9-20(19)24(28)32)25-18-10-13-27(14-11-18)16-22(30)26-17-6-2-1-3-7-17/h1-3,6-7,18-20H,4-5,8-16H2,(H,25,29)(H,26,30). The summed E-state index contributed by atoms with van der Waals surface area (Å²) in [5, 5.41) is 5.93. The lowest BCUT2D eigenvalue weighted by Gasteiger charge is -2.32. The van der Waals surface area contributed by atoms with Gasteiger partial charge in [0.25, 0.3) is 0 Å². The number of imide groups is 1. The highest BCUT2D eigenvalue weighted by Crippen LogP contribution is 2.37. The highest BCUT2D eigenvalue weighted by molar-refractivity contribution is 6.05. The minimum absolute atomic E-state index is 0.0424. The summed E-state index contributed by atoms with van der Waals surface area (Å²) in [5.74, 6) is -0.672. The third-order valence-corrected chi connectivity index (χ3v) is 6.87. The maximum atomic E-state index is 12.5. The second-order valence-corrected chi connectivity index (χ2v) is 9.11. The van der Waals surface area contributed by atoms with Crippen molar-refractivity contribution in [2.45, 2.75) is 51.0 Å². The summed E-state index contributed by atoms with van der Waals surface area (Å²) in [6, 6.07) is 9.44. The SMILES string of the molecule is O=C(CN1CCC(NC(=O)CCN2C(=O)C3CCCCC3C2=O)CC1)Nc1ccccc1. The van der Waals surface area contributed by atoms with Crippen LogP contribution in [0.15, 0.2) is 30.3 Å². The molecule has 3 aliphatic rings. The van der Waals surface area contributed by atoms with E-state index in [0.717, 1.165) is 57.3 Å². The molecule has 4 rings (SSSR count). The van der Waals surface area contributed by atoms with E-state index in [4.69, 9.17) is 0 Å². The van der Waals surface area contributed by atoms with Gasteiger partial charge in [0.1, 0.15) is 0 Å². The Labute approximate surface area is 188 Å². The van der Waals surface area contributed by atoms with E-state index < -0.39 is 0 Å². The van der Waals surface area contributed by atoms with E-state index in [1.54, 1.807) is 0 Å². The number of likely N-dealkylation sites (tertiary alicyclic amines) is 2. The van der Waals surface area contributed by atoms with Crippen LogP contribution >= 0.6 is 0 Å². The number of carbonyl (C=O) groups excluding carboxylic acids is 4. The number of fused-ring (bicyclic) bond motifs is 1. The molecule has 1 aliphatic carbocycles. The lowest BCUT2D eigenvalue weighted by molar-refractivity contribution is -0.140. The average Bonchev–Trinajstić information content (AvgIpc) is 3.04. The van der Waals surface area contributed by atoms with Crippen molar-refractivity contribution in [1.82, 2.24) is 15.1 Å². The Bertz CT molecular complexity index is 827. The number of nitrogens with zero attached hydrogens (tertiary/aromatic N) is 2. The number of rotatable bonds is 7. The van der Waals surface area contributed by atoms with Crippen LogP contribution in [0.3, 0.4) is 0 Å². The summed E-state index contributed by atoms with van der Waals surface area (Å²) in [7, 11) is 0. The molecule has 0 spiro atoms. The van der Waals surface area contributed by atoms with Gasteiger partial charge >= 0.3 is 0 Å². The monoisotopic (exact) mass is 440 g/mol. The maximum absolute atomic E-state index is 12.5. The Morgan fingerprint density at radius 1 is 0.875 bits per heavy atom. The molecule has 2 saturated heterocycles. The molecular formula is C24H32N4O4.